The van der Waals surface area contributed by atoms with E-state index in [4.69, 9.17) is 0 Å². The number of rotatable bonds is 3. The largest absolute Gasteiger partial charge is 0.366 e. The van der Waals surface area contributed by atoms with E-state index in [9.17, 15) is 14.0 Å². The minimum absolute atomic E-state index is 0.0249. The van der Waals surface area contributed by atoms with Crippen molar-refractivity contribution in [1.82, 2.24) is 9.80 Å². The maximum Gasteiger partial charge on any atom is 0.263 e. The van der Waals surface area contributed by atoms with Crippen LogP contribution in [0.3, 0.4) is 0 Å². The molecule has 1 atom stereocenters. The van der Waals surface area contributed by atoms with Crippen molar-refractivity contribution in [2.75, 3.05) is 44.2 Å². The predicted octanol–water partition coefficient (Wildman–Crippen LogP) is 3.09. The molecule has 4 rings (SSSR count). The Morgan fingerprint density at radius 3 is 2.46 bits per heavy atom. The van der Waals surface area contributed by atoms with Crippen LogP contribution in [0.1, 0.15) is 22.5 Å². The summed E-state index contributed by atoms with van der Waals surface area (Å²) in [6, 6.07) is 10.5. The highest BCUT2D eigenvalue weighted by Crippen LogP contribution is 2.24. The van der Waals surface area contributed by atoms with Crippen LogP contribution in [0.5, 0.6) is 0 Å². The Hall–Kier alpha value is -2.41. The highest BCUT2D eigenvalue weighted by Gasteiger charge is 2.33. The predicted molar refractivity (Wildman–Crippen MR) is 108 cm³/mol. The second-order valence-electron chi connectivity index (χ2n) is 7.33. The second kappa shape index (κ2) is 8.31. The molecule has 1 aromatic heterocycles. The monoisotopic (exact) mass is 401 g/mol. The Kier molecular flexibility index (Phi) is 5.62. The Bertz CT molecular complexity index is 834. The third-order valence-corrected chi connectivity index (χ3v) is 6.43. The number of piperidine rings is 1. The van der Waals surface area contributed by atoms with E-state index in [-0.39, 0.29) is 23.5 Å². The van der Waals surface area contributed by atoms with Gasteiger partial charge in [0, 0.05) is 39.3 Å². The summed E-state index contributed by atoms with van der Waals surface area (Å²) in [6.07, 6.45) is 1.67. The van der Waals surface area contributed by atoms with E-state index < -0.39 is 0 Å². The number of nitrogens with zero attached hydrogens (tertiary/aromatic N) is 3. The molecule has 2 aromatic rings. The number of hydrogen-bond donors (Lipinski definition) is 0. The summed E-state index contributed by atoms with van der Waals surface area (Å²) in [5, 5.41) is 1.90. The lowest BCUT2D eigenvalue weighted by Gasteiger charge is -2.39. The molecule has 0 spiro atoms. The second-order valence-corrected chi connectivity index (χ2v) is 8.28. The molecule has 3 heterocycles. The van der Waals surface area contributed by atoms with Crippen molar-refractivity contribution in [3.63, 3.8) is 0 Å². The van der Waals surface area contributed by atoms with E-state index in [1.165, 1.54) is 17.4 Å². The van der Waals surface area contributed by atoms with Crippen LogP contribution in [0.25, 0.3) is 0 Å². The van der Waals surface area contributed by atoms with Crippen molar-refractivity contribution in [3.05, 3.63) is 52.5 Å². The Labute approximate surface area is 168 Å². The zero-order valence-electron chi connectivity index (χ0n) is 15.7. The smallest absolute Gasteiger partial charge is 0.263 e. The molecule has 0 unspecified atom stereocenters. The maximum absolute atomic E-state index is 14.0. The number of thiophene rings is 1. The zero-order valence-corrected chi connectivity index (χ0v) is 16.5. The van der Waals surface area contributed by atoms with Gasteiger partial charge in [-0.3, -0.25) is 9.59 Å². The molecule has 148 valence electrons. The molecule has 2 aliphatic rings. The molecule has 0 radical (unpaired) electrons. The maximum atomic E-state index is 14.0. The molecule has 2 aliphatic heterocycles. The minimum Gasteiger partial charge on any atom is -0.366 e. The first-order valence-corrected chi connectivity index (χ1v) is 10.6. The number of halogens is 1. The summed E-state index contributed by atoms with van der Waals surface area (Å²) >= 11 is 1.44. The lowest BCUT2D eigenvalue weighted by atomic mass is 9.96. The van der Waals surface area contributed by atoms with Crippen LogP contribution >= 0.6 is 11.3 Å². The van der Waals surface area contributed by atoms with E-state index in [0.717, 1.165) is 17.7 Å². The normalized spacial score (nSPS) is 20.3. The van der Waals surface area contributed by atoms with Gasteiger partial charge in [-0.15, -0.1) is 11.3 Å². The third kappa shape index (κ3) is 3.90. The van der Waals surface area contributed by atoms with E-state index in [2.05, 4.69) is 0 Å². The fraction of sp³-hybridized carbons (Fsp3) is 0.429. The summed E-state index contributed by atoms with van der Waals surface area (Å²) in [5.41, 5.74) is 0.597. The standard InChI is InChI=1S/C21H24FN3O2S/c22-17-6-1-2-7-18(17)23-10-12-24(13-11-23)20(26)16-5-3-9-25(15-16)21(27)19-8-4-14-28-19/h1-2,4,6-8,14,16H,3,5,9-13,15H2/t16-/m0/s1. The van der Waals surface area contributed by atoms with E-state index in [1.54, 1.807) is 12.1 Å². The van der Waals surface area contributed by atoms with Gasteiger partial charge in [-0.1, -0.05) is 18.2 Å². The number of carbonyl (C=O) groups excluding carboxylic acids is 2. The van der Waals surface area contributed by atoms with Crippen LogP contribution < -0.4 is 4.90 Å². The fourth-order valence-electron chi connectivity index (χ4n) is 4.05. The molecule has 2 amide bonds. The lowest BCUT2D eigenvalue weighted by molar-refractivity contribution is -0.137. The molecule has 5 nitrogen and oxygen atoms in total. The van der Waals surface area contributed by atoms with Gasteiger partial charge in [0.15, 0.2) is 0 Å². The molecule has 2 saturated heterocycles. The summed E-state index contributed by atoms with van der Waals surface area (Å²) in [6.45, 7) is 3.62. The summed E-state index contributed by atoms with van der Waals surface area (Å²) in [7, 11) is 0. The van der Waals surface area contributed by atoms with Crippen molar-refractivity contribution >= 4 is 28.8 Å². The van der Waals surface area contributed by atoms with Crippen LogP contribution in [0.2, 0.25) is 0 Å². The Morgan fingerprint density at radius 2 is 1.75 bits per heavy atom. The topological polar surface area (TPSA) is 43.9 Å². The zero-order chi connectivity index (χ0) is 19.5. The summed E-state index contributed by atoms with van der Waals surface area (Å²) in [4.78, 5) is 32.0. The Balaban J connectivity index is 1.35. The van der Waals surface area contributed by atoms with Crippen LogP contribution in [-0.4, -0.2) is 60.9 Å². The van der Waals surface area contributed by atoms with Crippen molar-refractivity contribution in [2.45, 2.75) is 12.8 Å². The van der Waals surface area contributed by atoms with Gasteiger partial charge < -0.3 is 14.7 Å². The molecule has 7 heteroatoms. The first-order valence-electron chi connectivity index (χ1n) is 9.74. The fourth-order valence-corrected chi connectivity index (χ4v) is 4.74. The summed E-state index contributed by atoms with van der Waals surface area (Å²) in [5.74, 6) is -0.219. The first kappa shape index (κ1) is 18.9. The number of benzene rings is 1. The van der Waals surface area contributed by atoms with Gasteiger partial charge in [-0.25, -0.2) is 4.39 Å². The van der Waals surface area contributed by atoms with Crippen molar-refractivity contribution in [1.29, 1.82) is 0 Å². The van der Waals surface area contributed by atoms with Gasteiger partial charge in [0.05, 0.1) is 16.5 Å². The molecule has 0 bridgehead atoms. The third-order valence-electron chi connectivity index (χ3n) is 5.57. The number of carbonyl (C=O) groups is 2. The van der Waals surface area contributed by atoms with Crippen molar-refractivity contribution in [2.24, 2.45) is 5.92 Å². The van der Waals surface area contributed by atoms with Crippen LogP contribution in [0.4, 0.5) is 10.1 Å². The number of amides is 2. The van der Waals surface area contributed by atoms with Crippen molar-refractivity contribution in [3.8, 4) is 0 Å². The van der Waals surface area contributed by atoms with Crippen molar-refractivity contribution < 1.29 is 14.0 Å². The van der Waals surface area contributed by atoms with Crippen LogP contribution in [0, 0.1) is 11.7 Å². The molecule has 28 heavy (non-hydrogen) atoms. The van der Waals surface area contributed by atoms with Crippen LogP contribution in [0.15, 0.2) is 41.8 Å². The lowest BCUT2D eigenvalue weighted by Crippen LogP contribution is -2.53. The number of likely N-dealkylation sites (tertiary alicyclic amines) is 1. The average molecular weight is 402 g/mol. The highest BCUT2D eigenvalue weighted by molar-refractivity contribution is 7.12. The van der Waals surface area contributed by atoms with Crippen LogP contribution in [-0.2, 0) is 4.79 Å². The molecular formula is C21H24FN3O2S. The van der Waals surface area contributed by atoms with E-state index >= 15 is 0 Å². The van der Waals surface area contributed by atoms with Gasteiger partial charge >= 0.3 is 0 Å². The van der Waals surface area contributed by atoms with Gasteiger partial charge in [-0.2, -0.15) is 0 Å². The molecule has 2 fully saturated rings. The molecular weight excluding hydrogens is 377 g/mol. The molecule has 1 aromatic carbocycles. The number of para-hydroxylation sites is 1. The molecule has 0 N–H and O–H groups in total. The van der Waals surface area contributed by atoms with Gasteiger partial charge in [-0.05, 0) is 36.4 Å². The van der Waals surface area contributed by atoms with Gasteiger partial charge in [0.25, 0.3) is 5.91 Å². The Morgan fingerprint density at radius 1 is 0.964 bits per heavy atom. The highest BCUT2D eigenvalue weighted by atomic mass is 32.1. The SMILES string of the molecule is O=C(c1cccs1)N1CCC[C@H](C(=O)N2CCN(c3ccccc3F)CC2)C1. The minimum atomic E-state index is -0.225. The van der Waals surface area contributed by atoms with Gasteiger partial charge in [0.2, 0.25) is 5.91 Å². The molecule has 0 aliphatic carbocycles. The number of hydrogen-bond acceptors (Lipinski definition) is 4. The first-order chi connectivity index (χ1) is 13.6. The molecule has 0 saturated carbocycles. The average Bonchev–Trinajstić information content (AvgIpc) is 3.28. The quantitative estimate of drug-likeness (QED) is 0.794. The van der Waals surface area contributed by atoms with Gasteiger partial charge in [0.1, 0.15) is 5.82 Å². The number of piperazine rings is 1. The summed E-state index contributed by atoms with van der Waals surface area (Å²) < 4.78 is 14.0. The van der Waals surface area contributed by atoms with E-state index in [0.29, 0.717) is 45.0 Å². The van der Waals surface area contributed by atoms with E-state index in [1.807, 2.05) is 38.3 Å². The number of anilines is 1.